The number of benzene rings is 1. The zero-order valence-corrected chi connectivity index (χ0v) is 16.5. The molecular formula is C21H29N5O. The molecule has 1 amide bonds. The van der Waals surface area contributed by atoms with Gasteiger partial charge in [-0.3, -0.25) is 4.79 Å². The second kappa shape index (κ2) is 8.86. The Hall–Kier alpha value is -2.60. The van der Waals surface area contributed by atoms with E-state index in [1.807, 2.05) is 18.2 Å². The molecule has 144 valence electrons. The molecule has 1 aliphatic rings. The molecule has 1 aromatic heterocycles. The average Bonchev–Trinajstić information content (AvgIpc) is 2.70. The van der Waals surface area contributed by atoms with E-state index in [4.69, 9.17) is 0 Å². The number of rotatable bonds is 6. The molecule has 1 N–H and O–H groups in total. The molecule has 3 rings (SSSR count). The van der Waals surface area contributed by atoms with Crippen LogP contribution in [0.25, 0.3) is 0 Å². The van der Waals surface area contributed by atoms with Crippen molar-refractivity contribution in [1.82, 2.24) is 9.88 Å². The number of anilines is 3. The Balaban J connectivity index is 1.65. The predicted octanol–water partition coefficient (Wildman–Crippen LogP) is 2.93. The minimum atomic E-state index is -0.113. The number of pyridine rings is 1. The van der Waals surface area contributed by atoms with Gasteiger partial charge in [0.05, 0.1) is 0 Å². The van der Waals surface area contributed by atoms with E-state index in [1.165, 1.54) is 5.69 Å². The molecule has 0 bridgehead atoms. The van der Waals surface area contributed by atoms with Crippen molar-refractivity contribution in [3.8, 4) is 0 Å². The van der Waals surface area contributed by atoms with Gasteiger partial charge >= 0.3 is 0 Å². The van der Waals surface area contributed by atoms with Gasteiger partial charge in [-0.1, -0.05) is 0 Å². The minimum absolute atomic E-state index is 0.113. The first-order chi connectivity index (χ1) is 13.1. The number of hydrogen-bond donors (Lipinski definition) is 1. The van der Waals surface area contributed by atoms with Crippen molar-refractivity contribution in [3.05, 3.63) is 48.2 Å². The van der Waals surface area contributed by atoms with Gasteiger partial charge in [0, 0.05) is 62.4 Å². The van der Waals surface area contributed by atoms with Gasteiger partial charge in [-0.2, -0.15) is 0 Å². The van der Waals surface area contributed by atoms with Crippen LogP contribution in [0.5, 0.6) is 0 Å². The van der Waals surface area contributed by atoms with E-state index in [2.05, 4.69) is 58.0 Å². The molecule has 6 nitrogen and oxygen atoms in total. The highest BCUT2D eigenvalue weighted by Gasteiger charge is 2.14. The lowest BCUT2D eigenvalue weighted by Gasteiger charge is -2.34. The van der Waals surface area contributed by atoms with Crippen molar-refractivity contribution in [3.63, 3.8) is 0 Å². The zero-order valence-electron chi connectivity index (χ0n) is 16.5. The van der Waals surface area contributed by atoms with Crippen molar-refractivity contribution in [2.24, 2.45) is 0 Å². The van der Waals surface area contributed by atoms with Crippen LogP contribution in [-0.4, -0.2) is 62.1 Å². The molecular weight excluding hydrogens is 338 g/mol. The largest absolute Gasteiger partial charge is 0.369 e. The maximum atomic E-state index is 12.6. The topological polar surface area (TPSA) is 51.7 Å². The van der Waals surface area contributed by atoms with Gasteiger partial charge in [-0.25, -0.2) is 4.98 Å². The number of hydrogen-bond acceptors (Lipinski definition) is 5. The molecule has 1 fully saturated rings. The van der Waals surface area contributed by atoms with E-state index >= 15 is 0 Å². The Morgan fingerprint density at radius 3 is 2.37 bits per heavy atom. The molecule has 0 saturated carbocycles. The van der Waals surface area contributed by atoms with Crippen molar-refractivity contribution < 1.29 is 4.79 Å². The van der Waals surface area contributed by atoms with Crippen molar-refractivity contribution in [2.75, 3.05) is 61.4 Å². The second-order valence-electron chi connectivity index (χ2n) is 6.87. The summed E-state index contributed by atoms with van der Waals surface area (Å²) in [6.07, 6.45) is 1.69. The molecule has 6 heteroatoms. The Kier molecular flexibility index (Phi) is 6.29. The third kappa shape index (κ3) is 4.77. The summed E-state index contributed by atoms with van der Waals surface area (Å²) in [5.41, 5.74) is 2.63. The first-order valence-corrected chi connectivity index (χ1v) is 9.66. The molecule has 2 aromatic rings. The monoisotopic (exact) mass is 367 g/mol. The molecule has 2 heterocycles. The number of carbonyl (C=O) groups excluding carboxylic acids is 1. The van der Waals surface area contributed by atoms with Gasteiger partial charge in [0.2, 0.25) is 0 Å². The summed E-state index contributed by atoms with van der Waals surface area (Å²) in [7, 11) is 2.15. The number of nitrogens with zero attached hydrogens (tertiary/aromatic N) is 4. The van der Waals surface area contributed by atoms with Crippen LogP contribution >= 0.6 is 0 Å². The summed E-state index contributed by atoms with van der Waals surface area (Å²) in [5, 5.41) is 2.99. The SMILES string of the molecule is CCN(CC)c1cc(C(=O)Nc2ccc(N3CCN(C)CC3)cc2)ccn1. The van der Waals surface area contributed by atoms with Crippen molar-refractivity contribution in [2.45, 2.75) is 13.8 Å². The number of nitrogens with one attached hydrogen (secondary N) is 1. The van der Waals surface area contributed by atoms with E-state index < -0.39 is 0 Å². The predicted molar refractivity (Wildman–Crippen MR) is 112 cm³/mol. The first-order valence-electron chi connectivity index (χ1n) is 9.66. The number of piperazine rings is 1. The van der Waals surface area contributed by atoms with E-state index in [9.17, 15) is 4.79 Å². The highest BCUT2D eigenvalue weighted by molar-refractivity contribution is 6.04. The Morgan fingerprint density at radius 1 is 1.07 bits per heavy atom. The van der Waals surface area contributed by atoms with Gasteiger partial charge < -0.3 is 20.0 Å². The fraction of sp³-hybridized carbons (Fsp3) is 0.429. The third-order valence-electron chi connectivity index (χ3n) is 5.09. The Labute approximate surface area is 161 Å². The normalized spacial score (nSPS) is 14.9. The smallest absolute Gasteiger partial charge is 0.255 e. The number of carbonyl (C=O) groups is 1. The molecule has 1 aromatic carbocycles. The fourth-order valence-electron chi connectivity index (χ4n) is 3.30. The maximum Gasteiger partial charge on any atom is 0.255 e. The standard InChI is InChI=1S/C21H29N5O/c1-4-25(5-2)20-16-17(10-11-22-20)21(27)23-18-6-8-19(9-7-18)26-14-12-24(3)13-15-26/h6-11,16H,4-5,12-15H2,1-3H3,(H,23,27). The maximum absolute atomic E-state index is 12.6. The number of amides is 1. The number of likely N-dealkylation sites (N-methyl/N-ethyl adjacent to an activating group) is 1. The zero-order chi connectivity index (χ0) is 19.2. The molecule has 1 aliphatic heterocycles. The van der Waals surface area contributed by atoms with E-state index in [0.717, 1.165) is 50.8 Å². The van der Waals surface area contributed by atoms with E-state index in [-0.39, 0.29) is 5.91 Å². The molecule has 1 saturated heterocycles. The summed E-state index contributed by atoms with van der Waals surface area (Å²) in [6.45, 7) is 10.1. The molecule has 0 radical (unpaired) electrons. The van der Waals surface area contributed by atoms with Gasteiger partial charge in [0.25, 0.3) is 5.91 Å². The van der Waals surface area contributed by atoms with Crippen LogP contribution in [0.2, 0.25) is 0 Å². The summed E-state index contributed by atoms with van der Waals surface area (Å²) in [6, 6.07) is 11.7. The lowest BCUT2D eigenvalue weighted by atomic mass is 10.2. The van der Waals surface area contributed by atoms with Crippen LogP contribution in [0.1, 0.15) is 24.2 Å². The van der Waals surface area contributed by atoms with Gasteiger partial charge in [0.1, 0.15) is 5.82 Å². The lowest BCUT2D eigenvalue weighted by molar-refractivity contribution is 0.102. The molecule has 0 atom stereocenters. The third-order valence-corrected chi connectivity index (χ3v) is 5.09. The van der Waals surface area contributed by atoms with Gasteiger partial charge in [0.15, 0.2) is 0 Å². The Bertz CT molecular complexity index is 749. The molecule has 0 unspecified atom stereocenters. The van der Waals surface area contributed by atoms with Crippen LogP contribution in [-0.2, 0) is 0 Å². The minimum Gasteiger partial charge on any atom is -0.369 e. The molecule has 0 aliphatic carbocycles. The van der Waals surface area contributed by atoms with Gasteiger partial charge in [-0.15, -0.1) is 0 Å². The van der Waals surface area contributed by atoms with Crippen LogP contribution in [0.3, 0.4) is 0 Å². The summed E-state index contributed by atoms with van der Waals surface area (Å²) < 4.78 is 0. The van der Waals surface area contributed by atoms with Gasteiger partial charge in [-0.05, 0) is 57.3 Å². The average molecular weight is 367 g/mol. The Morgan fingerprint density at radius 2 is 1.74 bits per heavy atom. The van der Waals surface area contributed by atoms with E-state index in [1.54, 1.807) is 12.3 Å². The highest BCUT2D eigenvalue weighted by Crippen LogP contribution is 2.20. The number of aromatic nitrogens is 1. The summed E-state index contributed by atoms with van der Waals surface area (Å²) in [5.74, 6) is 0.719. The van der Waals surface area contributed by atoms with Crippen LogP contribution in [0.4, 0.5) is 17.2 Å². The van der Waals surface area contributed by atoms with E-state index in [0.29, 0.717) is 5.56 Å². The summed E-state index contributed by atoms with van der Waals surface area (Å²) >= 11 is 0. The second-order valence-corrected chi connectivity index (χ2v) is 6.87. The van der Waals surface area contributed by atoms with Crippen LogP contribution in [0.15, 0.2) is 42.6 Å². The lowest BCUT2D eigenvalue weighted by Crippen LogP contribution is -2.44. The summed E-state index contributed by atoms with van der Waals surface area (Å²) in [4.78, 5) is 23.8. The molecule has 0 spiro atoms. The highest BCUT2D eigenvalue weighted by atomic mass is 16.1. The first kappa shape index (κ1) is 19.2. The van der Waals surface area contributed by atoms with Crippen LogP contribution in [0, 0.1) is 0 Å². The fourth-order valence-corrected chi connectivity index (χ4v) is 3.30. The van der Waals surface area contributed by atoms with Crippen molar-refractivity contribution in [1.29, 1.82) is 0 Å². The van der Waals surface area contributed by atoms with Crippen molar-refractivity contribution >= 4 is 23.1 Å². The quantitative estimate of drug-likeness (QED) is 0.851. The molecule has 27 heavy (non-hydrogen) atoms. The van der Waals surface area contributed by atoms with Crippen LogP contribution < -0.4 is 15.1 Å².